The maximum atomic E-state index is 12.3. The molecule has 1 fully saturated rings. The summed E-state index contributed by atoms with van der Waals surface area (Å²) in [5, 5.41) is 3.26. The summed E-state index contributed by atoms with van der Waals surface area (Å²) in [5.74, 6) is 1.08. The highest BCUT2D eigenvalue weighted by atomic mass is 32.2. The lowest BCUT2D eigenvalue weighted by atomic mass is 10.2. The number of nitrogens with one attached hydrogen (secondary N) is 1. The third-order valence-electron chi connectivity index (χ3n) is 3.30. The highest BCUT2D eigenvalue weighted by Gasteiger charge is 2.32. The Bertz CT molecular complexity index is 522. The Morgan fingerprint density at radius 2 is 2.21 bits per heavy atom. The van der Waals surface area contributed by atoms with Crippen molar-refractivity contribution < 1.29 is 12.8 Å². The number of hydrogen-bond acceptors (Lipinski definition) is 4. The molecular weight excluding hydrogens is 264 g/mol. The smallest absolute Gasteiger partial charge is 0.276 e. The van der Waals surface area contributed by atoms with Gasteiger partial charge in [-0.15, -0.1) is 0 Å². The molecule has 0 radical (unpaired) electrons. The minimum atomic E-state index is -3.45. The monoisotopic (exact) mass is 286 g/mol. The molecule has 108 valence electrons. The first-order valence-electron chi connectivity index (χ1n) is 6.72. The Morgan fingerprint density at radius 1 is 1.47 bits per heavy atom. The van der Waals surface area contributed by atoms with Crippen LogP contribution in [0.1, 0.15) is 33.0 Å². The molecule has 2 rings (SSSR count). The molecule has 0 spiro atoms. The van der Waals surface area contributed by atoms with Gasteiger partial charge in [0.25, 0.3) is 10.0 Å². The summed E-state index contributed by atoms with van der Waals surface area (Å²) in [6.45, 7) is 7.85. The first-order valence-corrected chi connectivity index (χ1v) is 8.16. The van der Waals surface area contributed by atoms with Gasteiger partial charge in [-0.3, -0.25) is 0 Å². The molecule has 1 aliphatic rings. The summed E-state index contributed by atoms with van der Waals surface area (Å²) in [4.78, 5) is 0. The topological polar surface area (TPSA) is 62.6 Å². The molecule has 1 aliphatic heterocycles. The molecular formula is C13H22N2O3S. The number of hydrogen-bond donors (Lipinski definition) is 1. The van der Waals surface area contributed by atoms with Crippen LogP contribution in [0.15, 0.2) is 21.6 Å². The summed E-state index contributed by atoms with van der Waals surface area (Å²) in [5.41, 5.74) is 0. The van der Waals surface area contributed by atoms with E-state index in [4.69, 9.17) is 4.42 Å². The van der Waals surface area contributed by atoms with E-state index in [2.05, 4.69) is 12.2 Å². The average Bonchev–Trinajstić information content (AvgIpc) is 2.95. The molecule has 0 aliphatic carbocycles. The van der Waals surface area contributed by atoms with E-state index in [1.54, 1.807) is 12.1 Å². The Kier molecular flexibility index (Phi) is 4.32. The van der Waals surface area contributed by atoms with Crippen molar-refractivity contribution in [3.05, 3.63) is 17.9 Å². The van der Waals surface area contributed by atoms with Crippen LogP contribution in [0.4, 0.5) is 0 Å². The van der Waals surface area contributed by atoms with Crippen LogP contribution < -0.4 is 5.32 Å². The van der Waals surface area contributed by atoms with Crippen molar-refractivity contribution in [2.75, 3.05) is 13.1 Å². The first-order chi connectivity index (χ1) is 8.89. The SMILES string of the molecule is CC1CCN(S(=O)(=O)c2ccc(CNC(C)C)o2)C1. The highest BCUT2D eigenvalue weighted by Crippen LogP contribution is 2.25. The van der Waals surface area contributed by atoms with Crippen LogP contribution in [0.3, 0.4) is 0 Å². The van der Waals surface area contributed by atoms with Crippen LogP contribution in [-0.4, -0.2) is 31.9 Å². The van der Waals surface area contributed by atoms with Gasteiger partial charge in [-0.2, -0.15) is 4.31 Å². The van der Waals surface area contributed by atoms with Gasteiger partial charge in [0.2, 0.25) is 5.09 Å². The number of furan rings is 1. The van der Waals surface area contributed by atoms with Crippen LogP contribution in [-0.2, 0) is 16.6 Å². The van der Waals surface area contributed by atoms with Crippen molar-refractivity contribution in [1.29, 1.82) is 0 Å². The minimum Gasteiger partial charge on any atom is -0.447 e. The maximum Gasteiger partial charge on any atom is 0.276 e. The largest absolute Gasteiger partial charge is 0.447 e. The third kappa shape index (κ3) is 3.38. The number of rotatable bonds is 5. The predicted molar refractivity (Wildman–Crippen MR) is 73.2 cm³/mol. The summed E-state index contributed by atoms with van der Waals surface area (Å²) >= 11 is 0. The van der Waals surface area contributed by atoms with Gasteiger partial charge in [-0.1, -0.05) is 20.8 Å². The Labute approximate surface area is 115 Å². The van der Waals surface area contributed by atoms with E-state index in [9.17, 15) is 8.42 Å². The maximum absolute atomic E-state index is 12.3. The van der Waals surface area contributed by atoms with Crippen LogP contribution in [0, 0.1) is 5.92 Å². The van der Waals surface area contributed by atoms with Crippen molar-refractivity contribution >= 4 is 10.0 Å². The van der Waals surface area contributed by atoms with Crippen LogP contribution in [0.25, 0.3) is 0 Å². The van der Waals surface area contributed by atoms with Crippen LogP contribution in [0.2, 0.25) is 0 Å². The van der Waals surface area contributed by atoms with E-state index in [1.165, 1.54) is 4.31 Å². The lowest BCUT2D eigenvalue weighted by molar-refractivity contribution is 0.375. The molecule has 0 bridgehead atoms. The first kappa shape index (κ1) is 14.6. The van der Waals surface area contributed by atoms with Gasteiger partial charge in [0, 0.05) is 19.1 Å². The molecule has 2 heterocycles. The van der Waals surface area contributed by atoms with Crippen LogP contribution >= 0.6 is 0 Å². The molecule has 5 nitrogen and oxygen atoms in total. The molecule has 1 atom stereocenters. The summed E-state index contributed by atoms with van der Waals surface area (Å²) < 4.78 is 31.7. The van der Waals surface area contributed by atoms with Gasteiger partial charge in [0.15, 0.2) is 0 Å². The van der Waals surface area contributed by atoms with E-state index >= 15 is 0 Å². The summed E-state index contributed by atoms with van der Waals surface area (Å²) in [6, 6.07) is 3.61. The molecule has 0 saturated carbocycles. The average molecular weight is 286 g/mol. The van der Waals surface area contributed by atoms with Gasteiger partial charge in [-0.25, -0.2) is 8.42 Å². The second-order valence-corrected chi connectivity index (χ2v) is 7.38. The fourth-order valence-corrected chi connectivity index (χ4v) is 3.64. The fraction of sp³-hybridized carbons (Fsp3) is 0.692. The summed E-state index contributed by atoms with van der Waals surface area (Å²) in [6.07, 6.45) is 0.918. The normalized spacial score (nSPS) is 21.4. The second-order valence-electron chi connectivity index (χ2n) is 5.51. The van der Waals surface area contributed by atoms with E-state index < -0.39 is 10.0 Å². The lowest BCUT2D eigenvalue weighted by Gasteiger charge is -2.13. The van der Waals surface area contributed by atoms with Gasteiger partial charge >= 0.3 is 0 Å². The molecule has 1 unspecified atom stereocenters. The highest BCUT2D eigenvalue weighted by molar-refractivity contribution is 7.89. The summed E-state index contributed by atoms with van der Waals surface area (Å²) in [7, 11) is -3.45. The molecule has 1 aromatic heterocycles. The Morgan fingerprint density at radius 3 is 2.79 bits per heavy atom. The van der Waals surface area contributed by atoms with Gasteiger partial charge in [-0.05, 0) is 24.5 Å². The van der Waals surface area contributed by atoms with E-state index in [-0.39, 0.29) is 5.09 Å². The zero-order valence-corrected chi connectivity index (χ0v) is 12.5. The van der Waals surface area contributed by atoms with Crippen LogP contribution in [0.5, 0.6) is 0 Å². The van der Waals surface area contributed by atoms with Crippen molar-refractivity contribution in [3.63, 3.8) is 0 Å². The van der Waals surface area contributed by atoms with Gasteiger partial charge in [0.1, 0.15) is 5.76 Å². The van der Waals surface area contributed by atoms with Gasteiger partial charge < -0.3 is 9.73 Å². The molecule has 0 aromatic carbocycles. The van der Waals surface area contributed by atoms with E-state index in [1.807, 2.05) is 13.8 Å². The second kappa shape index (κ2) is 5.64. The Hall–Kier alpha value is -0.850. The lowest BCUT2D eigenvalue weighted by Crippen LogP contribution is -2.28. The molecule has 1 aromatic rings. The zero-order valence-electron chi connectivity index (χ0n) is 11.7. The predicted octanol–water partition coefficient (Wildman–Crippen LogP) is 1.81. The fourth-order valence-electron chi connectivity index (χ4n) is 2.14. The zero-order chi connectivity index (χ0) is 14.0. The van der Waals surface area contributed by atoms with Crippen molar-refractivity contribution in [1.82, 2.24) is 9.62 Å². The van der Waals surface area contributed by atoms with Crippen molar-refractivity contribution in [2.45, 2.75) is 44.9 Å². The molecule has 0 amide bonds. The van der Waals surface area contributed by atoms with E-state index in [0.717, 1.165) is 6.42 Å². The third-order valence-corrected chi connectivity index (χ3v) is 5.04. The quantitative estimate of drug-likeness (QED) is 0.896. The van der Waals surface area contributed by atoms with Crippen molar-refractivity contribution in [2.24, 2.45) is 5.92 Å². The van der Waals surface area contributed by atoms with Crippen molar-refractivity contribution in [3.8, 4) is 0 Å². The molecule has 19 heavy (non-hydrogen) atoms. The number of sulfonamides is 1. The standard InChI is InChI=1S/C13H22N2O3S/c1-10(2)14-8-12-4-5-13(18-12)19(16,17)15-7-6-11(3)9-15/h4-5,10-11,14H,6-9H2,1-3H3. The Balaban J connectivity index is 2.09. The molecule has 1 N–H and O–H groups in total. The minimum absolute atomic E-state index is 0.0576. The molecule has 1 saturated heterocycles. The van der Waals surface area contributed by atoms with Gasteiger partial charge in [0.05, 0.1) is 6.54 Å². The number of nitrogens with zero attached hydrogens (tertiary/aromatic N) is 1. The van der Waals surface area contributed by atoms with E-state index in [0.29, 0.717) is 37.4 Å². The molecule has 6 heteroatoms.